The lowest BCUT2D eigenvalue weighted by atomic mass is 10.0. The summed E-state index contributed by atoms with van der Waals surface area (Å²) in [6.07, 6.45) is 5.85. The fraction of sp³-hybridized carbons (Fsp3) is 0.643. The van der Waals surface area contributed by atoms with Crippen molar-refractivity contribution in [3.63, 3.8) is 0 Å². The topological polar surface area (TPSA) is 42.1 Å². The third-order valence-electron chi connectivity index (χ3n) is 2.85. The average Bonchev–Trinajstić information content (AvgIpc) is 2.26. The summed E-state index contributed by atoms with van der Waals surface area (Å²) in [5, 5.41) is 0. The Kier molecular flexibility index (Phi) is 6.16. The normalized spacial score (nSPS) is 13.3. The van der Waals surface area contributed by atoms with E-state index in [-0.39, 0.29) is 6.04 Å². The molecule has 0 aliphatic rings. The van der Waals surface area contributed by atoms with Crippen molar-refractivity contribution in [3.05, 3.63) is 30.1 Å². The second-order valence-corrected chi connectivity index (χ2v) is 5.26. The van der Waals surface area contributed by atoms with E-state index in [4.69, 9.17) is 5.73 Å². The largest absolute Gasteiger partial charge is 0.327 e. The van der Waals surface area contributed by atoms with Gasteiger partial charge in [-0.05, 0) is 43.5 Å². The van der Waals surface area contributed by atoms with Crippen molar-refractivity contribution in [1.82, 2.24) is 9.88 Å². The van der Waals surface area contributed by atoms with Gasteiger partial charge in [-0.3, -0.25) is 4.98 Å². The van der Waals surface area contributed by atoms with Gasteiger partial charge >= 0.3 is 0 Å². The Hall–Kier alpha value is -0.930. The second-order valence-electron chi connectivity index (χ2n) is 5.26. The molecular weight excluding hydrogens is 210 g/mol. The van der Waals surface area contributed by atoms with Crippen molar-refractivity contribution in [1.29, 1.82) is 0 Å². The highest BCUT2D eigenvalue weighted by Crippen LogP contribution is 2.04. The third kappa shape index (κ3) is 6.39. The van der Waals surface area contributed by atoms with Gasteiger partial charge in [-0.1, -0.05) is 13.8 Å². The number of pyridine rings is 1. The van der Waals surface area contributed by atoms with E-state index in [1.807, 2.05) is 12.4 Å². The summed E-state index contributed by atoms with van der Waals surface area (Å²) in [6.45, 7) is 6.47. The molecule has 0 aliphatic heterocycles. The monoisotopic (exact) mass is 235 g/mol. The number of hydrogen-bond donors (Lipinski definition) is 1. The van der Waals surface area contributed by atoms with E-state index in [0.717, 1.165) is 25.9 Å². The lowest BCUT2D eigenvalue weighted by Gasteiger charge is -2.22. The molecule has 0 radical (unpaired) electrons. The summed E-state index contributed by atoms with van der Waals surface area (Å²) in [4.78, 5) is 6.33. The average molecular weight is 235 g/mol. The number of hydrogen-bond acceptors (Lipinski definition) is 3. The van der Waals surface area contributed by atoms with E-state index < -0.39 is 0 Å². The Bertz CT molecular complexity index is 298. The van der Waals surface area contributed by atoms with Gasteiger partial charge in [-0.2, -0.15) is 0 Å². The van der Waals surface area contributed by atoms with Crippen molar-refractivity contribution < 1.29 is 0 Å². The molecule has 1 aromatic heterocycles. The van der Waals surface area contributed by atoms with Crippen LogP contribution in [0.4, 0.5) is 0 Å². The Labute approximate surface area is 105 Å². The highest BCUT2D eigenvalue weighted by Gasteiger charge is 2.08. The molecule has 0 amide bonds. The summed E-state index contributed by atoms with van der Waals surface area (Å²) in [6, 6.07) is 4.43. The molecule has 3 heteroatoms. The van der Waals surface area contributed by atoms with Crippen LogP contribution < -0.4 is 5.73 Å². The number of likely N-dealkylation sites (N-methyl/N-ethyl adjacent to an activating group) is 1. The van der Waals surface area contributed by atoms with Gasteiger partial charge in [0.15, 0.2) is 0 Å². The van der Waals surface area contributed by atoms with Crippen LogP contribution in [0.2, 0.25) is 0 Å². The first-order chi connectivity index (χ1) is 8.08. The number of aromatic nitrogens is 1. The minimum absolute atomic E-state index is 0.289. The molecule has 1 heterocycles. The molecule has 1 rings (SSSR count). The van der Waals surface area contributed by atoms with Crippen molar-refractivity contribution in [2.75, 3.05) is 20.1 Å². The molecule has 1 aromatic rings. The first kappa shape index (κ1) is 14.1. The van der Waals surface area contributed by atoms with Gasteiger partial charge in [0.2, 0.25) is 0 Å². The lowest BCUT2D eigenvalue weighted by molar-refractivity contribution is 0.297. The van der Waals surface area contributed by atoms with Gasteiger partial charge in [0, 0.05) is 31.5 Å². The first-order valence-electron chi connectivity index (χ1n) is 6.41. The van der Waals surface area contributed by atoms with E-state index in [1.54, 1.807) is 0 Å². The number of nitrogens with two attached hydrogens (primary N) is 1. The van der Waals surface area contributed by atoms with Crippen LogP contribution in [-0.2, 0) is 6.42 Å². The standard InChI is InChI=1S/C14H25N3/c1-12(2)10-14(15)11-17(3)9-6-13-4-7-16-8-5-13/h4-5,7-8,12,14H,6,9-11,15H2,1-3H3/t14-/m0/s1. The molecule has 0 unspecified atom stereocenters. The summed E-state index contributed by atoms with van der Waals surface area (Å²) in [7, 11) is 2.14. The van der Waals surface area contributed by atoms with Gasteiger partial charge < -0.3 is 10.6 Å². The first-order valence-corrected chi connectivity index (χ1v) is 6.41. The van der Waals surface area contributed by atoms with Crippen LogP contribution >= 0.6 is 0 Å². The maximum atomic E-state index is 6.09. The molecule has 0 aromatic carbocycles. The molecule has 0 saturated heterocycles. The number of nitrogens with zero attached hydrogens (tertiary/aromatic N) is 2. The Morgan fingerprint density at radius 1 is 1.29 bits per heavy atom. The van der Waals surface area contributed by atoms with Crippen LogP contribution in [-0.4, -0.2) is 36.1 Å². The van der Waals surface area contributed by atoms with Gasteiger partial charge in [-0.15, -0.1) is 0 Å². The van der Waals surface area contributed by atoms with Crippen LogP contribution in [0, 0.1) is 5.92 Å². The van der Waals surface area contributed by atoms with Crippen LogP contribution in [0.25, 0.3) is 0 Å². The molecule has 96 valence electrons. The van der Waals surface area contributed by atoms with Crippen molar-refractivity contribution >= 4 is 0 Å². The third-order valence-corrected chi connectivity index (χ3v) is 2.85. The molecular formula is C14H25N3. The van der Waals surface area contributed by atoms with Crippen molar-refractivity contribution in [3.8, 4) is 0 Å². The molecule has 17 heavy (non-hydrogen) atoms. The quantitative estimate of drug-likeness (QED) is 0.785. The van der Waals surface area contributed by atoms with E-state index in [2.05, 4.69) is 42.9 Å². The molecule has 0 saturated carbocycles. The predicted molar refractivity (Wildman–Crippen MR) is 72.9 cm³/mol. The smallest absolute Gasteiger partial charge is 0.0270 e. The summed E-state index contributed by atoms with van der Waals surface area (Å²) in [5.41, 5.74) is 7.43. The summed E-state index contributed by atoms with van der Waals surface area (Å²) >= 11 is 0. The minimum Gasteiger partial charge on any atom is -0.327 e. The molecule has 0 fully saturated rings. The van der Waals surface area contributed by atoms with Crippen LogP contribution in [0.5, 0.6) is 0 Å². The van der Waals surface area contributed by atoms with Gasteiger partial charge in [0.25, 0.3) is 0 Å². The Morgan fingerprint density at radius 3 is 2.53 bits per heavy atom. The molecule has 0 bridgehead atoms. The highest BCUT2D eigenvalue weighted by molar-refractivity contribution is 5.09. The Morgan fingerprint density at radius 2 is 1.94 bits per heavy atom. The van der Waals surface area contributed by atoms with Crippen molar-refractivity contribution in [2.24, 2.45) is 11.7 Å². The van der Waals surface area contributed by atoms with Crippen molar-refractivity contribution in [2.45, 2.75) is 32.7 Å². The molecule has 0 aliphatic carbocycles. The van der Waals surface area contributed by atoms with Crippen LogP contribution in [0.1, 0.15) is 25.8 Å². The molecule has 3 nitrogen and oxygen atoms in total. The Balaban J connectivity index is 2.23. The molecule has 2 N–H and O–H groups in total. The molecule has 0 spiro atoms. The SMILES string of the molecule is CC(C)C[C@H](N)CN(C)CCc1ccncc1. The maximum Gasteiger partial charge on any atom is 0.0270 e. The minimum atomic E-state index is 0.289. The predicted octanol–water partition coefficient (Wildman–Crippen LogP) is 1.93. The lowest BCUT2D eigenvalue weighted by Crippen LogP contribution is -2.37. The van der Waals surface area contributed by atoms with E-state index in [1.165, 1.54) is 5.56 Å². The second kappa shape index (κ2) is 7.41. The highest BCUT2D eigenvalue weighted by atomic mass is 15.1. The zero-order valence-corrected chi connectivity index (χ0v) is 11.3. The number of rotatable bonds is 7. The van der Waals surface area contributed by atoms with E-state index in [0.29, 0.717) is 5.92 Å². The van der Waals surface area contributed by atoms with Gasteiger partial charge in [0.05, 0.1) is 0 Å². The van der Waals surface area contributed by atoms with Gasteiger partial charge in [-0.25, -0.2) is 0 Å². The summed E-state index contributed by atoms with van der Waals surface area (Å²) in [5.74, 6) is 0.679. The van der Waals surface area contributed by atoms with E-state index >= 15 is 0 Å². The zero-order valence-electron chi connectivity index (χ0n) is 11.3. The van der Waals surface area contributed by atoms with Crippen LogP contribution in [0.3, 0.4) is 0 Å². The van der Waals surface area contributed by atoms with Gasteiger partial charge in [0.1, 0.15) is 0 Å². The van der Waals surface area contributed by atoms with Crippen LogP contribution in [0.15, 0.2) is 24.5 Å². The molecule has 1 atom stereocenters. The fourth-order valence-corrected chi connectivity index (χ4v) is 2.04. The summed E-state index contributed by atoms with van der Waals surface area (Å²) < 4.78 is 0. The fourth-order valence-electron chi connectivity index (χ4n) is 2.04. The zero-order chi connectivity index (χ0) is 12.7. The van der Waals surface area contributed by atoms with E-state index in [9.17, 15) is 0 Å². The maximum absolute atomic E-state index is 6.09.